The fourth-order valence-corrected chi connectivity index (χ4v) is 8.36. The lowest BCUT2D eigenvalue weighted by Crippen LogP contribution is -2.41. The number of alkyl halides is 12. The molecular formula is C23H40F12N4O8S4. The van der Waals surface area contributed by atoms with Crippen molar-refractivity contribution in [2.75, 3.05) is 53.4 Å². The van der Waals surface area contributed by atoms with E-state index in [2.05, 4.69) is 14.1 Å². The zero-order valence-corrected chi connectivity index (χ0v) is 30.5. The van der Waals surface area contributed by atoms with Crippen LogP contribution in [-0.2, 0) is 40.1 Å². The predicted octanol–water partition coefficient (Wildman–Crippen LogP) is 6.32. The first-order chi connectivity index (χ1) is 22.5. The molecule has 308 valence electrons. The van der Waals surface area contributed by atoms with Crippen LogP contribution >= 0.6 is 0 Å². The monoisotopic (exact) mass is 856 g/mol. The second-order valence-corrected chi connectivity index (χ2v) is 19.1. The molecule has 2 aliphatic rings. The van der Waals surface area contributed by atoms with Gasteiger partial charge in [0.15, 0.2) is 40.1 Å². The van der Waals surface area contributed by atoms with Gasteiger partial charge in [0, 0.05) is 25.7 Å². The van der Waals surface area contributed by atoms with E-state index in [0.717, 1.165) is 8.25 Å². The van der Waals surface area contributed by atoms with Gasteiger partial charge in [0.05, 0.1) is 53.4 Å². The molecule has 28 heteroatoms. The Morgan fingerprint density at radius 3 is 0.745 bits per heavy atom. The van der Waals surface area contributed by atoms with E-state index < -0.39 is 62.1 Å². The molecule has 0 aromatic heterocycles. The fourth-order valence-electron chi connectivity index (χ4n) is 4.94. The Hall–Kier alpha value is -1.20. The Kier molecular flexibility index (Phi) is 18.0. The van der Waals surface area contributed by atoms with E-state index in [4.69, 9.17) is 0 Å². The molecule has 0 N–H and O–H groups in total. The third-order valence-corrected chi connectivity index (χ3v) is 13.2. The number of nitrogens with zero attached hydrogens (tertiary/aromatic N) is 4. The average Bonchev–Trinajstić information content (AvgIpc) is 3.53. The van der Waals surface area contributed by atoms with Gasteiger partial charge >= 0.3 is 22.0 Å². The number of hydrogen-bond acceptors (Lipinski definition) is 8. The number of sulfonamides is 4. The maximum Gasteiger partial charge on any atom is 0.480 e. The zero-order valence-electron chi connectivity index (χ0n) is 27.2. The van der Waals surface area contributed by atoms with Gasteiger partial charge in [0.1, 0.15) is 0 Å². The summed E-state index contributed by atoms with van der Waals surface area (Å²) in [5.41, 5.74) is -24.8. The number of unbranched alkanes of at least 4 members (excludes halogenated alkanes) is 6. The van der Waals surface area contributed by atoms with Crippen LogP contribution in [0.25, 0.3) is 8.25 Å². The molecule has 0 saturated carbocycles. The summed E-state index contributed by atoms with van der Waals surface area (Å²) in [5.74, 6) is 0. The summed E-state index contributed by atoms with van der Waals surface area (Å²) in [6.07, 6.45) is 16.2. The van der Waals surface area contributed by atoms with Crippen molar-refractivity contribution >= 4 is 40.1 Å². The van der Waals surface area contributed by atoms with Crippen molar-refractivity contribution in [3.8, 4) is 0 Å². The third kappa shape index (κ3) is 17.2. The maximum absolute atomic E-state index is 11.4. The molecule has 2 saturated heterocycles. The van der Waals surface area contributed by atoms with Crippen molar-refractivity contribution in [1.29, 1.82) is 0 Å². The molecule has 0 spiro atoms. The van der Waals surface area contributed by atoms with Gasteiger partial charge in [0.2, 0.25) is 0 Å². The summed E-state index contributed by atoms with van der Waals surface area (Å²) in [4.78, 5) is 0. The first-order valence-corrected chi connectivity index (χ1v) is 20.7. The number of rotatable bonds is 14. The van der Waals surface area contributed by atoms with Crippen molar-refractivity contribution < 1.29 is 95.3 Å². The molecule has 0 unspecified atom stereocenters. The number of hydrogen-bond donors (Lipinski definition) is 0. The highest BCUT2D eigenvalue weighted by atomic mass is 32.3. The normalized spacial score (nSPS) is 18.8. The molecule has 0 radical (unpaired) electrons. The minimum atomic E-state index is -6.72. The smallest absolute Gasteiger partial charge is 0.421 e. The highest BCUT2D eigenvalue weighted by molar-refractivity contribution is 8.13. The highest BCUT2D eigenvalue weighted by Crippen LogP contribution is 2.37. The van der Waals surface area contributed by atoms with Crippen molar-refractivity contribution in [3.05, 3.63) is 8.25 Å². The summed E-state index contributed by atoms with van der Waals surface area (Å²) in [7, 11) is -22.0. The van der Waals surface area contributed by atoms with E-state index in [0.29, 0.717) is 0 Å². The first kappa shape index (κ1) is 49.8. The summed E-state index contributed by atoms with van der Waals surface area (Å²) >= 11 is 0. The maximum atomic E-state index is 11.4. The summed E-state index contributed by atoms with van der Waals surface area (Å²) in [5, 5.41) is 0. The Morgan fingerprint density at radius 2 is 0.569 bits per heavy atom. The quantitative estimate of drug-likeness (QED) is 0.111. The molecule has 0 bridgehead atoms. The summed E-state index contributed by atoms with van der Waals surface area (Å²) in [6.45, 7) is 8.65. The van der Waals surface area contributed by atoms with E-state index in [1.54, 1.807) is 0 Å². The minimum absolute atomic E-state index is 0.778. The second kappa shape index (κ2) is 18.4. The molecule has 51 heavy (non-hydrogen) atoms. The van der Waals surface area contributed by atoms with Gasteiger partial charge in [-0.1, -0.05) is 19.3 Å². The Balaban J connectivity index is 0.000000756. The van der Waals surface area contributed by atoms with Gasteiger partial charge in [0.25, 0.3) is 0 Å². The van der Waals surface area contributed by atoms with Gasteiger partial charge in [-0.15, -0.1) is 0 Å². The van der Waals surface area contributed by atoms with Crippen LogP contribution in [0.5, 0.6) is 0 Å². The van der Waals surface area contributed by atoms with Crippen LogP contribution in [0.3, 0.4) is 0 Å². The molecule has 0 aromatic rings. The molecule has 0 aliphatic carbocycles. The molecule has 2 fully saturated rings. The molecule has 2 aliphatic heterocycles. The van der Waals surface area contributed by atoms with E-state index in [9.17, 15) is 86.4 Å². The number of halogens is 12. The Morgan fingerprint density at radius 1 is 0.392 bits per heavy atom. The van der Waals surface area contributed by atoms with Crippen LogP contribution in [-0.4, -0.2) is 118 Å². The van der Waals surface area contributed by atoms with Gasteiger partial charge in [-0.2, -0.15) is 52.7 Å². The topological polar surface area (TPSA) is 165 Å². The minimum Gasteiger partial charge on any atom is -0.421 e. The molecule has 0 aromatic carbocycles. The SMILES string of the molecule is C[N+]1(CCCCCCCCC[N+]2(C)CCCC2)CCCC1.O=S(=O)([N-]S(=O)(=O)C(F)(F)F)C(F)(F)F.O=S(=O)([N-]S(=O)(=O)C(F)(F)F)C(F)(F)F. The predicted molar refractivity (Wildman–Crippen MR) is 159 cm³/mol. The number of quaternary nitrogens is 2. The van der Waals surface area contributed by atoms with Crippen LogP contribution in [0.4, 0.5) is 52.7 Å². The van der Waals surface area contributed by atoms with Crippen molar-refractivity contribution in [2.45, 2.75) is 92.7 Å². The summed E-state index contributed by atoms with van der Waals surface area (Å²) in [6, 6.07) is 0. The van der Waals surface area contributed by atoms with Crippen molar-refractivity contribution in [1.82, 2.24) is 0 Å². The third-order valence-electron chi connectivity index (χ3n) is 7.75. The highest BCUT2D eigenvalue weighted by Gasteiger charge is 2.48. The Bertz CT molecular complexity index is 1320. The molecule has 0 amide bonds. The van der Waals surface area contributed by atoms with Crippen molar-refractivity contribution in [3.63, 3.8) is 0 Å². The average molecular weight is 857 g/mol. The lowest BCUT2D eigenvalue weighted by molar-refractivity contribution is -0.897. The van der Waals surface area contributed by atoms with Gasteiger partial charge in [-0.05, 0) is 25.7 Å². The van der Waals surface area contributed by atoms with Crippen LogP contribution in [0.1, 0.15) is 70.6 Å². The summed E-state index contributed by atoms with van der Waals surface area (Å²) < 4.78 is 221. The van der Waals surface area contributed by atoms with E-state index in [-0.39, 0.29) is 0 Å². The van der Waals surface area contributed by atoms with Crippen LogP contribution in [0, 0.1) is 0 Å². The Labute approximate surface area is 289 Å². The molecule has 2 rings (SSSR count). The fraction of sp³-hybridized carbons (Fsp3) is 1.00. The van der Waals surface area contributed by atoms with Gasteiger partial charge in [-0.25, -0.2) is 33.7 Å². The van der Waals surface area contributed by atoms with Crippen LogP contribution in [0.2, 0.25) is 0 Å². The molecule has 0 atom stereocenters. The van der Waals surface area contributed by atoms with E-state index in [1.807, 2.05) is 0 Å². The first-order valence-electron chi connectivity index (χ1n) is 14.9. The van der Waals surface area contributed by atoms with Crippen LogP contribution < -0.4 is 0 Å². The molecule has 2 heterocycles. The van der Waals surface area contributed by atoms with E-state index >= 15 is 0 Å². The van der Waals surface area contributed by atoms with Gasteiger partial charge in [-0.3, -0.25) is 0 Å². The second-order valence-electron chi connectivity index (χ2n) is 12.3. The van der Waals surface area contributed by atoms with E-state index in [1.165, 1.54) is 119 Å². The molecular weight excluding hydrogens is 817 g/mol. The molecule has 12 nitrogen and oxygen atoms in total. The lowest BCUT2D eigenvalue weighted by atomic mass is 10.1. The van der Waals surface area contributed by atoms with Crippen molar-refractivity contribution in [2.24, 2.45) is 0 Å². The zero-order chi connectivity index (χ0) is 40.4. The number of likely N-dealkylation sites (tertiary alicyclic amines) is 2. The lowest BCUT2D eigenvalue weighted by Gasteiger charge is -2.29. The van der Waals surface area contributed by atoms with Crippen LogP contribution in [0.15, 0.2) is 0 Å². The van der Waals surface area contributed by atoms with Gasteiger partial charge < -0.3 is 17.2 Å². The largest absolute Gasteiger partial charge is 0.480 e. The standard InChI is InChI=1S/C19H40N2.2C2F6NO4S2/c1-20(16-10-11-17-20)14-8-6-4-3-5-7-9-15-21(2)18-12-13-19-21;2*3-1(4,5)14(10,11)9-15(12,13)2(6,7)8/h3-19H2,1-2H3;;/q+2;2*-1.